The second kappa shape index (κ2) is 13.4. The largest absolute Gasteiger partial charge is 0.476 e. The molecule has 10 heteroatoms. The minimum atomic E-state index is -1.21. The molecular weight excluding hydrogens is 593 g/mol. The van der Waals surface area contributed by atoms with Crippen LogP contribution in [0.4, 0.5) is 9.18 Å². The Hall–Kier alpha value is -3.56. The lowest BCUT2D eigenvalue weighted by molar-refractivity contribution is -0.158. The molecule has 7 nitrogen and oxygen atoms in total. The van der Waals surface area contributed by atoms with Gasteiger partial charge >= 0.3 is 12.1 Å². The van der Waals surface area contributed by atoms with Crippen LogP contribution in [0.15, 0.2) is 59.5 Å². The molecule has 0 aromatic heterocycles. The van der Waals surface area contributed by atoms with Crippen molar-refractivity contribution in [2.45, 2.75) is 51.0 Å². The van der Waals surface area contributed by atoms with Crippen LogP contribution in [0.2, 0.25) is 5.02 Å². The maximum Gasteiger partial charge on any atom is 0.415 e. The van der Waals surface area contributed by atoms with Crippen molar-refractivity contribution >= 4 is 41.2 Å². The summed E-state index contributed by atoms with van der Waals surface area (Å²) in [6, 6.07) is 15.0. The third-order valence-electron chi connectivity index (χ3n) is 7.42. The lowest BCUT2D eigenvalue weighted by Crippen LogP contribution is -2.40. The summed E-state index contributed by atoms with van der Waals surface area (Å²) in [4.78, 5) is 42.0. The van der Waals surface area contributed by atoms with Crippen LogP contribution >= 0.6 is 23.4 Å². The Bertz CT molecular complexity index is 1500. The number of halogens is 2. The maximum atomic E-state index is 14.4. The summed E-state index contributed by atoms with van der Waals surface area (Å²) in [6.07, 6.45) is 1.20. The van der Waals surface area contributed by atoms with E-state index in [4.69, 9.17) is 25.8 Å². The monoisotopic (exact) mass is 627 g/mol. The average Bonchev–Trinajstić information content (AvgIpc) is 3.42. The first-order valence-corrected chi connectivity index (χ1v) is 15.5. The van der Waals surface area contributed by atoms with Gasteiger partial charge in [-0.25, -0.2) is 14.0 Å². The number of esters is 1. The van der Waals surface area contributed by atoms with Crippen molar-refractivity contribution in [3.05, 3.63) is 87.7 Å². The van der Waals surface area contributed by atoms with Gasteiger partial charge in [-0.05, 0) is 87.9 Å². The molecule has 1 heterocycles. The van der Waals surface area contributed by atoms with Gasteiger partial charge in [0.05, 0.1) is 6.61 Å². The number of hydrogen-bond acceptors (Lipinski definition) is 7. The van der Waals surface area contributed by atoms with Crippen LogP contribution in [0, 0.1) is 25.6 Å². The number of thioether (sulfide) groups is 1. The molecule has 0 radical (unpaired) electrons. The van der Waals surface area contributed by atoms with Crippen LogP contribution in [0.25, 0.3) is 0 Å². The Kier molecular flexibility index (Phi) is 10.1. The third-order valence-corrected chi connectivity index (χ3v) is 8.39. The van der Waals surface area contributed by atoms with E-state index < -0.39 is 29.4 Å². The van der Waals surface area contributed by atoms with Crippen LogP contribution in [0.5, 0.6) is 11.5 Å². The molecular formula is C33H35ClFNO6S. The number of Topliss-reactive ketones (excluding diaryl/α,β-unsaturated/α-hetero) is 1. The number of carbonyl (C=O) groups is 3. The van der Waals surface area contributed by atoms with Crippen LogP contribution in [0.3, 0.4) is 0 Å². The van der Waals surface area contributed by atoms with Crippen LogP contribution in [-0.2, 0) is 9.53 Å². The van der Waals surface area contributed by atoms with Crippen molar-refractivity contribution in [1.82, 2.24) is 4.90 Å². The summed E-state index contributed by atoms with van der Waals surface area (Å²) in [5, 5.41) is 0.181. The number of ketones is 1. The average molecular weight is 628 g/mol. The molecule has 2 unspecified atom stereocenters. The highest BCUT2D eigenvalue weighted by Crippen LogP contribution is 2.39. The predicted molar refractivity (Wildman–Crippen MR) is 165 cm³/mol. The number of likely N-dealkylation sites (tertiary alicyclic amines) is 1. The molecule has 0 N–H and O–H groups in total. The molecule has 1 amide bonds. The second-order valence-electron chi connectivity index (χ2n) is 11.0. The fourth-order valence-electron chi connectivity index (χ4n) is 5.20. The summed E-state index contributed by atoms with van der Waals surface area (Å²) in [6.45, 7) is 9.29. The normalized spacial score (nSPS) is 16.6. The zero-order valence-electron chi connectivity index (χ0n) is 25.0. The molecule has 2 atom stereocenters. The van der Waals surface area contributed by atoms with Gasteiger partial charge in [-0.1, -0.05) is 35.9 Å². The van der Waals surface area contributed by atoms with Crippen molar-refractivity contribution in [3.63, 3.8) is 0 Å². The van der Waals surface area contributed by atoms with Gasteiger partial charge in [0.15, 0.2) is 23.0 Å². The number of benzene rings is 3. The second-order valence-corrected chi connectivity index (χ2v) is 12.3. The minimum absolute atomic E-state index is 0.0913. The fraction of sp³-hybridized carbons (Fsp3) is 0.364. The highest BCUT2D eigenvalue weighted by Gasteiger charge is 2.42. The lowest BCUT2D eigenvalue weighted by Gasteiger charge is -2.27. The Morgan fingerprint density at radius 3 is 2.26 bits per heavy atom. The number of nitrogens with zero attached hydrogens (tertiary/aromatic N) is 1. The molecule has 0 aliphatic carbocycles. The number of hydrogen-bond donors (Lipinski definition) is 0. The molecule has 3 aromatic rings. The van der Waals surface area contributed by atoms with E-state index in [2.05, 4.69) is 0 Å². The van der Waals surface area contributed by atoms with E-state index in [9.17, 15) is 18.8 Å². The van der Waals surface area contributed by atoms with Gasteiger partial charge in [0.25, 0.3) is 0 Å². The van der Waals surface area contributed by atoms with Crippen LogP contribution in [-0.4, -0.2) is 54.3 Å². The van der Waals surface area contributed by atoms with E-state index in [1.165, 1.54) is 17.0 Å². The van der Waals surface area contributed by atoms with E-state index in [1.54, 1.807) is 44.7 Å². The fourth-order valence-corrected chi connectivity index (χ4v) is 5.77. The van der Waals surface area contributed by atoms with Crippen LogP contribution in [0.1, 0.15) is 53.7 Å². The van der Waals surface area contributed by atoms with Crippen LogP contribution < -0.4 is 9.47 Å². The van der Waals surface area contributed by atoms with E-state index in [0.29, 0.717) is 11.3 Å². The quantitative estimate of drug-likeness (QED) is 0.137. The summed E-state index contributed by atoms with van der Waals surface area (Å²) < 4.78 is 31.1. The predicted octanol–water partition coefficient (Wildman–Crippen LogP) is 7.64. The molecule has 43 heavy (non-hydrogen) atoms. The van der Waals surface area contributed by atoms with E-state index in [-0.39, 0.29) is 42.2 Å². The van der Waals surface area contributed by atoms with Gasteiger partial charge in [0.1, 0.15) is 5.75 Å². The van der Waals surface area contributed by atoms with Gasteiger partial charge in [-0.15, -0.1) is 11.8 Å². The summed E-state index contributed by atoms with van der Waals surface area (Å²) >= 11 is 7.42. The third kappa shape index (κ3) is 7.33. The summed E-state index contributed by atoms with van der Waals surface area (Å²) in [5.41, 5.74) is 1.71. The van der Waals surface area contributed by atoms with Gasteiger partial charge in [-0.3, -0.25) is 4.79 Å². The van der Waals surface area contributed by atoms with Gasteiger partial charge in [-0.2, -0.15) is 0 Å². The molecule has 1 aliphatic rings. The molecule has 0 spiro atoms. The van der Waals surface area contributed by atoms with E-state index >= 15 is 0 Å². The highest BCUT2D eigenvalue weighted by molar-refractivity contribution is 7.98. The zero-order valence-corrected chi connectivity index (χ0v) is 26.6. The Balaban J connectivity index is 1.66. The SMILES string of the molecule is CCOC(=O)C(C)(C)Oc1c(C)cc(C2CN(C(=O)Oc3ccc(Cl)cc3F)CC2C(=O)c2ccc(SC)cc2)cc1C. The number of carbonyl (C=O) groups excluding carboxylic acids is 3. The Morgan fingerprint density at radius 1 is 1.02 bits per heavy atom. The highest BCUT2D eigenvalue weighted by atomic mass is 35.5. The molecule has 1 fully saturated rings. The summed E-state index contributed by atoms with van der Waals surface area (Å²) in [7, 11) is 0. The minimum Gasteiger partial charge on any atom is -0.476 e. The van der Waals surface area contributed by atoms with Gasteiger partial charge < -0.3 is 19.1 Å². The van der Waals surface area contributed by atoms with Gasteiger partial charge in [0.2, 0.25) is 0 Å². The molecule has 228 valence electrons. The molecule has 0 saturated carbocycles. The molecule has 0 bridgehead atoms. The molecule has 4 rings (SSSR count). The van der Waals surface area contributed by atoms with E-state index in [0.717, 1.165) is 27.7 Å². The molecule has 1 aliphatic heterocycles. The number of amides is 1. The first kappa shape index (κ1) is 32.4. The lowest BCUT2D eigenvalue weighted by atomic mass is 9.82. The first-order valence-electron chi connectivity index (χ1n) is 13.9. The summed E-state index contributed by atoms with van der Waals surface area (Å²) in [5.74, 6) is -1.99. The molecule has 3 aromatic carbocycles. The van der Waals surface area contributed by atoms with Crippen molar-refractivity contribution in [2.24, 2.45) is 5.92 Å². The van der Waals surface area contributed by atoms with E-state index in [1.807, 2.05) is 44.4 Å². The number of aryl methyl sites for hydroxylation is 2. The number of rotatable bonds is 9. The first-order chi connectivity index (χ1) is 20.3. The van der Waals surface area contributed by atoms with Crippen molar-refractivity contribution in [3.8, 4) is 11.5 Å². The van der Waals surface area contributed by atoms with Crippen molar-refractivity contribution in [1.29, 1.82) is 0 Å². The maximum absolute atomic E-state index is 14.4. The Labute approximate surface area is 260 Å². The van der Waals surface area contributed by atoms with Crippen molar-refractivity contribution in [2.75, 3.05) is 26.0 Å². The standard InChI is InChI=1S/C33H35ClFNO6S/c1-7-40-31(38)33(4,5)42-30-19(2)14-22(15-20(30)3)25-17-36(32(39)41-28-13-10-23(34)16-27(28)35)18-26(25)29(37)21-8-11-24(43-6)12-9-21/h8-16,25-26H,7,17-18H2,1-6H3. The Morgan fingerprint density at radius 2 is 1.67 bits per heavy atom. The zero-order chi connectivity index (χ0) is 31.5. The topological polar surface area (TPSA) is 82.1 Å². The van der Waals surface area contributed by atoms with Crippen molar-refractivity contribution < 1.29 is 33.0 Å². The van der Waals surface area contributed by atoms with Gasteiger partial charge in [0, 0.05) is 40.4 Å². The smallest absolute Gasteiger partial charge is 0.415 e. The molecule has 1 saturated heterocycles. The number of ether oxygens (including phenoxy) is 3.